The largest absolute Gasteiger partial charge is 0.327 e. The normalized spacial score (nSPS) is 33.9. The highest BCUT2D eigenvalue weighted by atomic mass is 32.1. The first kappa shape index (κ1) is 11.6. The van der Waals surface area contributed by atoms with Crippen LogP contribution in [0.1, 0.15) is 29.8 Å². The zero-order chi connectivity index (χ0) is 11.8. The van der Waals surface area contributed by atoms with Gasteiger partial charge in [-0.15, -0.1) is 11.3 Å². The van der Waals surface area contributed by atoms with Gasteiger partial charge in [0.05, 0.1) is 11.2 Å². The summed E-state index contributed by atoms with van der Waals surface area (Å²) in [5, 5.41) is 0. The van der Waals surface area contributed by atoms with E-state index in [0.717, 1.165) is 18.4 Å². The minimum absolute atomic E-state index is 0.446. The van der Waals surface area contributed by atoms with Gasteiger partial charge in [-0.2, -0.15) is 0 Å². The van der Waals surface area contributed by atoms with Gasteiger partial charge in [0.25, 0.3) is 0 Å². The Morgan fingerprint density at radius 2 is 2.35 bits per heavy atom. The number of hydrogen-bond acceptors (Lipinski definition) is 4. The molecule has 1 aromatic rings. The SMILES string of the molecule is Cc1ncsc1CN1CC2CCCC(N)C2C1. The van der Waals surface area contributed by atoms with Crippen molar-refractivity contribution in [1.29, 1.82) is 0 Å². The van der Waals surface area contributed by atoms with E-state index in [1.165, 1.54) is 42.9 Å². The number of hydrogen-bond donors (Lipinski definition) is 1. The van der Waals surface area contributed by atoms with Crippen molar-refractivity contribution in [2.45, 2.75) is 38.8 Å². The molecule has 2 aliphatic rings. The summed E-state index contributed by atoms with van der Waals surface area (Å²) in [5.74, 6) is 1.60. The number of rotatable bonds is 2. The van der Waals surface area contributed by atoms with Gasteiger partial charge in [-0.25, -0.2) is 4.98 Å². The van der Waals surface area contributed by atoms with E-state index in [2.05, 4.69) is 16.8 Å². The van der Waals surface area contributed by atoms with Crippen molar-refractivity contribution in [1.82, 2.24) is 9.88 Å². The monoisotopic (exact) mass is 251 g/mol. The molecule has 2 heterocycles. The third-order valence-corrected chi connectivity index (χ3v) is 5.36. The second-order valence-corrected chi connectivity index (χ2v) is 6.51. The molecule has 1 aliphatic heterocycles. The van der Waals surface area contributed by atoms with E-state index in [0.29, 0.717) is 6.04 Å². The maximum Gasteiger partial charge on any atom is 0.0798 e. The predicted octanol–water partition coefficient (Wildman–Crippen LogP) is 2.01. The third kappa shape index (κ3) is 2.26. The van der Waals surface area contributed by atoms with Crippen molar-refractivity contribution in [3.8, 4) is 0 Å². The van der Waals surface area contributed by atoms with Crippen LogP contribution in [0.25, 0.3) is 0 Å². The second-order valence-electron chi connectivity index (χ2n) is 5.57. The summed E-state index contributed by atoms with van der Waals surface area (Å²) in [6.45, 7) is 5.63. The summed E-state index contributed by atoms with van der Waals surface area (Å²) in [7, 11) is 0. The lowest BCUT2D eigenvalue weighted by Crippen LogP contribution is -2.38. The van der Waals surface area contributed by atoms with Crippen LogP contribution in [-0.4, -0.2) is 29.0 Å². The molecule has 3 rings (SSSR count). The van der Waals surface area contributed by atoms with Crippen LogP contribution in [-0.2, 0) is 6.54 Å². The zero-order valence-corrected chi connectivity index (χ0v) is 11.2. The molecule has 1 saturated carbocycles. The molecule has 2 N–H and O–H groups in total. The number of aryl methyl sites for hydroxylation is 1. The second kappa shape index (κ2) is 4.67. The van der Waals surface area contributed by atoms with Crippen molar-refractivity contribution in [2.24, 2.45) is 17.6 Å². The Morgan fingerprint density at radius 1 is 1.47 bits per heavy atom. The minimum atomic E-state index is 0.446. The van der Waals surface area contributed by atoms with E-state index in [-0.39, 0.29) is 0 Å². The zero-order valence-electron chi connectivity index (χ0n) is 10.4. The van der Waals surface area contributed by atoms with Crippen LogP contribution in [0.4, 0.5) is 0 Å². The van der Waals surface area contributed by atoms with E-state index in [9.17, 15) is 0 Å². The van der Waals surface area contributed by atoms with Gasteiger partial charge in [0.15, 0.2) is 0 Å². The summed E-state index contributed by atoms with van der Waals surface area (Å²) < 4.78 is 0. The quantitative estimate of drug-likeness (QED) is 0.874. The molecular weight excluding hydrogens is 230 g/mol. The molecule has 1 aliphatic carbocycles. The van der Waals surface area contributed by atoms with Gasteiger partial charge in [0.1, 0.15) is 0 Å². The van der Waals surface area contributed by atoms with Crippen LogP contribution in [0, 0.1) is 18.8 Å². The van der Waals surface area contributed by atoms with Crippen LogP contribution in [0.3, 0.4) is 0 Å². The fourth-order valence-corrected chi connectivity index (χ4v) is 4.24. The maximum atomic E-state index is 6.25. The Hall–Kier alpha value is -0.450. The first-order valence-corrected chi connectivity index (χ1v) is 7.49. The third-order valence-electron chi connectivity index (χ3n) is 4.44. The first-order chi connectivity index (χ1) is 8.24. The molecule has 1 aromatic heterocycles. The van der Waals surface area contributed by atoms with E-state index in [4.69, 9.17) is 5.73 Å². The molecule has 4 heteroatoms. The lowest BCUT2D eigenvalue weighted by atomic mass is 9.78. The van der Waals surface area contributed by atoms with Crippen molar-refractivity contribution in [3.63, 3.8) is 0 Å². The van der Waals surface area contributed by atoms with Crippen molar-refractivity contribution >= 4 is 11.3 Å². The van der Waals surface area contributed by atoms with Crippen molar-refractivity contribution in [2.75, 3.05) is 13.1 Å². The highest BCUT2D eigenvalue weighted by Gasteiger charge is 2.38. The topological polar surface area (TPSA) is 42.2 Å². The van der Waals surface area contributed by atoms with Crippen LogP contribution in [0.5, 0.6) is 0 Å². The predicted molar refractivity (Wildman–Crippen MR) is 70.9 cm³/mol. The molecule has 3 nitrogen and oxygen atoms in total. The van der Waals surface area contributed by atoms with Gasteiger partial charge in [0, 0.05) is 30.6 Å². The lowest BCUT2D eigenvalue weighted by Gasteiger charge is -2.29. The van der Waals surface area contributed by atoms with E-state index in [1.54, 1.807) is 11.3 Å². The van der Waals surface area contributed by atoms with Gasteiger partial charge >= 0.3 is 0 Å². The molecule has 0 bridgehead atoms. The molecule has 0 aromatic carbocycles. The Morgan fingerprint density at radius 3 is 3.06 bits per heavy atom. The Balaban J connectivity index is 1.65. The van der Waals surface area contributed by atoms with E-state index < -0.39 is 0 Å². The molecule has 0 spiro atoms. The van der Waals surface area contributed by atoms with Gasteiger partial charge < -0.3 is 5.73 Å². The maximum absolute atomic E-state index is 6.25. The summed E-state index contributed by atoms with van der Waals surface area (Å²) in [6.07, 6.45) is 3.95. The van der Waals surface area contributed by atoms with Crippen LogP contribution in [0.15, 0.2) is 5.51 Å². The molecule has 1 saturated heterocycles. The Kier molecular flexibility index (Phi) is 3.19. The number of thiazole rings is 1. The standard InChI is InChI=1S/C13H21N3S/c1-9-13(17-8-15-9)7-16-5-10-3-2-4-12(14)11(10)6-16/h8,10-12H,2-7,14H2,1H3. The van der Waals surface area contributed by atoms with Crippen LogP contribution in [0.2, 0.25) is 0 Å². The summed E-state index contributed by atoms with van der Waals surface area (Å²) in [4.78, 5) is 8.34. The first-order valence-electron chi connectivity index (χ1n) is 6.61. The van der Waals surface area contributed by atoms with Crippen LogP contribution < -0.4 is 5.73 Å². The molecule has 94 valence electrons. The molecule has 3 unspecified atom stereocenters. The highest BCUT2D eigenvalue weighted by Crippen LogP contribution is 2.36. The summed E-state index contributed by atoms with van der Waals surface area (Å²) in [5.41, 5.74) is 9.41. The molecule has 3 atom stereocenters. The number of nitrogens with zero attached hydrogens (tertiary/aromatic N) is 2. The van der Waals surface area contributed by atoms with Gasteiger partial charge in [0.2, 0.25) is 0 Å². The van der Waals surface area contributed by atoms with Gasteiger partial charge in [-0.1, -0.05) is 6.42 Å². The minimum Gasteiger partial charge on any atom is -0.327 e. The van der Waals surface area contributed by atoms with Crippen LogP contribution >= 0.6 is 11.3 Å². The Labute approximate surface area is 107 Å². The fraction of sp³-hybridized carbons (Fsp3) is 0.769. The molecule has 0 amide bonds. The number of likely N-dealkylation sites (tertiary alicyclic amines) is 1. The number of fused-ring (bicyclic) bond motifs is 1. The average Bonchev–Trinajstić information content (AvgIpc) is 2.87. The molecule has 17 heavy (non-hydrogen) atoms. The highest BCUT2D eigenvalue weighted by molar-refractivity contribution is 7.09. The van der Waals surface area contributed by atoms with E-state index in [1.807, 2.05) is 5.51 Å². The van der Waals surface area contributed by atoms with Gasteiger partial charge in [-0.05, 0) is 31.6 Å². The fourth-order valence-electron chi connectivity index (χ4n) is 3.42. The lowest BCUT2D eigenvalue weighted by molar-refractivity contribution is 0.259. The summed E-state index contributed by atoms with van der Waals surface area (Å²) >= 11 is 1.79. The smallest absolute Gasteiger partial charge is 0.0798 e. The molecular formula is C13H21N3S. The number of nitrogens with two attached hydrogens (primary N) is 1. The van der Waals surface area contributed by atoms with Crippen molar-refractivity contribution in [3.05, 3.63) is 16.1 Å². The van der Waals surface area contributed by atoms with Gasteiger partial charge in [-0.3, -0.25) is 4.90 Å². The van der Waals surface area contributed by atoms with Crippen molar-refractivity contribution < 1.29 is 0 Å². The van der Waals surface area contributed by atoms with E-state index >= 15 is 0 Å². The number of aromatic nitrogens is 1. The average molecular weight is 251 g/mol. The molecule has 0 radical (unpaired) electrons. The Bertz CT molecular complexity index is 390. The summed E-state index contributed by atoms with van der Waals surface area (Å²) in [6, 6.07) is 0.446. The molecule has 2 fully saturated rings.